The number of piperazine rings is 1. The lowest BCUT2D eigenvalue weighted by molar-refractivity contribution is 0.0393. The number of nitrogens with zero attached hydrogens (tertiary/aromatic N) is 2. The summed E-state index contributed by atoms with van der Waals surface area (Å²) >= 11 is 2.38. The van der Waals surface area contributed by atoms with Crippen molar-refractivity contribution >= 4 is 34.0 Å². The molecule has 2 atom stereocenters. The number of nitrogens with two attached hydrogens (primary N) is 1. The number of nitrogen functional groups attached to an aromatic ring is 1. The molecule has 1 fully saturated rings. The summed E-state index contributed by atoms with van der Waals surface area (Å²) < 4.78 is 1.27. The van der Waals surface area contributed by atoms with Crippen molar-refractivity contribution in [3.63, 3.8) is 0 Å². The third-order valence-corrected chi connectivity index (χ3v) is 6.57. The molecule has 1 heterocycles. The van der Waals surface area contributed by atoms with E-state index < -0.39 is 0 Å². The topological polar surface area (TPSA) is 52.7 Å². The maximum Gasteiger partial charge on any atom is 0.0739 e. The Labute approximate surface area is 162 Å². The highest BCUT2D eigenvalue weighted by atomic mass is 127. The van der Waals surface area contributed by atoms with Gasteiger partial charge < -0.3 is 15.7 Å². The number of para-hydroxylation sites is 2. The monoisotopic (exact) mass is 449 g/mol. The first-order chi connectivity index (χ1) is 12.1. The molecule has 2 aromatic carbocycles. The molecule has 1 saturated heterocycles. The van der Waals surface area contributed by atoms with E-state index in [0.717, 1.165) is 50.4 Å². The lowest BCUT2D eigenvalue weighted by atomic mass is 9.85. The summed E-state index contributed by atoms with van der Waals surface area (Å²) in [7, 11) is 0. The van der Waals surface area contributed by atoms with Crippen molar-refractivity contribution in [1.82, 2.24) is 4.90 Å². The van der Waals surface area contributed by atoms with Crippen LogP contribution in [0, 0.1) is 3.57 Å². The largest absolute Gasteiger partial charge is 0.397 e. The minimum Gasteiger partial charge on any atom is -0.397 e. The number of aliphatic hydroxyl groups excluding tert-OH is 1. The van der Waals surface area contributed by atoms with Gasteiger partial charge in [0.1, 0.15) is 0 Å². The van der Waals surface area contributed by atoms with Crippen molar-refractivity contribution in [1.29, 1.82) is 0 Å². The van der Waals surface area contributed by atoms with Gasteiger partial charge in [-0.25, -0.2) is 0 Å². The average Bonchev–Trinajstić information content (AvgIpc) is 2.63. The molecule has 25 heavy (non-hydrogen) atoms. The predicted octanol–water partition coefficient (Wildman–Crippen LogP) is 2.52. The lowest BCUT2D eigenvalue weighted by Gasteiger charge is -2.44. The summed E-state index contributed by atoms with van der Waals surface area (Å²) in [5.41, 5.74) is 10.8. The van der Waals surface area contributed by atoms with Crippen LogP contribution in [0.1, 0.15) is 11.1 Å². The third kappa shape index (κ3) is 3.37. The zero-order valence-electron chi connectivity index (χ0n) is 14.2. The highest BCUT2D eigenvalue weighted by molar-refractivity contribution is 14.1. The van der Waals surface area contributed by atoms with E-state index in [1.165, 1.54) is 14.7 Å². The minimum absolute atomic E-state index is 0.223. The van der Waals surface area contributed by atoms with Crippen molar-refractivity contribution in [3.8, 4) is 0 Å². The van der Waals surface area contributed by atoms with E-state index in [2.05, 4.69) is 56.7 Å². The standard InChI is InChI=1S/C20H24IN3O/c21-16-5-3-4-14-12-19(20(25)13-15(14)16)24-10-8-23(9-11-24)18-7-2-1-6-17(18)22/h1-7,19-20,25H,8-13,22H2/t19?,20-/m1/s1. The smallest absolute Gasteiger partial charge is 0.0739 e. The van der Waals surface area contributed by atoms with Gasteiger partial charge in [-0.15, -0.1) is 0 Å². The number of hydrogen-bond donors (Lipinski definition) is 2. The van der Waals surface area contributed by atoms with Crippen LogP contribution in [0.4, 0.5) is 11.4 Å². The fourth-order valence-corrected chi connectivity index (χ4v) is 4.95. The SMILES string of the molecule is Nc1ccccc1N1CCN(C2Cc3cccc(I)c3C[C@H]2O)CC1. The number of aliphatic hydroxyl groups is 1. The fourth-order valence-electron chi connectivity index (χ4n) is 4.17. The van der Waals surface area contributed by atoms with Crippen molar-refractivity contribution in [3.05, 3.63) is 57.2 Å². The van der Waals surface area contributed by atoms with Gasteiger partial charge in [0.2, 0.25) is 0 Å². The van der Waals surface area contributed by atoms with E-state index in [1.54, 1.807) is 0 Å². The normalized spacial score (nSPS) is 24.2. The molecule has 0 saturated carbocycles. The van der Waals surface area contributed by atoms with Crippen LogP contribution < -0.4 is 10.6 Å². The third-order valence-electron chi connectivity index (χ3n) is 5.56. The lowest BCUT2D eigenvalue weighted by Crippen LogP contribution is -2.56. The number of anilines is 2. The van der Waals surface area contributed by atoms with Gasteiger partial charge in [-0.1, -0.05) is 24.3 Å². The van der Waals surface area contributed by atoms with Gasteiger partial charge in [0, 0.05) is 42.2 Å². The molecule has 0 amide bonds. The van der Waals surface area contributed by atoms with Crippen LogP contribution in [-0.4, -0.2) is 48.3 Å². The van der Waals surface area contributed by atoms with Crippen LogP contribution in [0.2, 0.25) is 0 Å². The molecule has 1 aliphatic heterocycles. The predicted molar refractivity (Wildman–Crippen MR) is 111 cm³/mol. The zero-order valence-corrected chi connectivity index (χ0v) is 16.4. The van der Waals surface area contributed by atoms with Gasteiger partial charge in [-0.3, -0.25) is 4.90 Å². The Morgan fingerprint density at radius 3 is 2.48 bits per heavy atom. The number of hydrogen-bond acceptors (Lipinski definition) is 4. The molecule has 1 unspecified atom stereocenters. The van der Waals surface area contributed by atoms with E-state index in [0.29, 0.717) is 0 Å². The van der Waals surface area contributed by atoms with Crippen LogP contribution in [-0.2, 0) is 12.8 Å². The second-order valence-electron chi connectivity index (χ2n) is 7.00. The average molecular weight is 449 g/mol. The molecule has 2 aromatic rings. The Kier molecular flexibility index (Phi) is 4.88. The van der Waals surface area contributed by atoms with Crippen LogP contribution in [0.25, 0.3) is 0 Å². The van der Waals surface area contributed by atoms with Gasteiger partial charge >= 0.3 is 0 Å². The Morgan fingerprint density at radius 2 is 1.72 bits per heavy atom. The highest BCUT2D eigenvalue weighted by Crippen LogP contribution is 2.30. The van der Waals surface area contributed by atoms with Gasteiger partial charge in [0.05, 0.1) is 17.5 Å². The van der Waals surface area contributed by atoms with E-state index in [4.69, 9.17) is 5.73 Å². The zero-order chi connectivity index (χ0) is 17.4. The van der Waals surface area contributed by atoms with Gasteiger partial charge in [0.15, 0.2) is 0 Å². The Morgan fingerprint density at radius 1 is 0.960 bits per heavy atom. The summed E-state index contributed by atoms with van der Waals surface area (Å²) in [6, 6.07) is 14.8. The summed E-state index contributed by atoms with van der Waals surface area (Å²) in [5.74, 6) is 0. The number of halogens is 1. The van der Waals surface area contributed by atoms with Gasteiger partial charge in [0.25, 0.3) is 0 Å². The van der Waals surface area contributed by atoms with Crippen LogP contribution in [0.5, 0.6) is 0 Å². The number of fused-ring (bicyclic) bond motifs is 1. The Bertz CT molecular complexity index is 758. The highest BCUT2D eigenvalue weighted by Gasteiger charge is 2.34. The summed E-state index contributed by atoms with van der Waals surface area (Å²) in [4.78, 5) is 4.82. The summed E-state index contributed by atoms with van der Waals surface area (Å²) in [6.07, 6.45) is 1.43. The molecular formula is C20H24IN3O. The molecule has 0 spiro atoms. The quantitative estimate of drug-likeness (QED) is 0.547. The first-order valence-corrected chi connectivity index (χ1v) is 9.99. The first kappa shape index (κ1) is 17.1. The molecule has 2 aliphatic rings. The van der Waals surface area contributed by atoms with E-state index in [1.807, 2.05) is 18.2 Å². The molecule has 132 valence electrons. The van der Waals surface area contributed by atoms with E-state index in [9.17, 15) is 5.11 Å². The summed E-state index contributed by atoms with van der Waals surface area (Å²) in [6.45, 7) is 3.85. The van der Waals surface area contributed by atoms with Crippen LogP contribution >= 0.6 is 22.6 Å². The first-order valence-electron chi connectivity index (χ1n) is 8.91. The number of benzene rings is 2. The van der Waals surface area contributed by atoms with E-state index in [-0.39, 0.29) is 12.1 Å². The second kappa shape index (κ2) is 7.13. The fraction of sp³-hybridized carbons (Fsp3) is 0.400. The minimum atomic E-state index is -0.281. The Balaban J connectivity index is 1.45. The van der Waals surface area contributed by atoms with Crippen molar-refractivity contribution in [2.24, 2.45) is 0 Å². The van der Waals surface area contributed by atoms with Gasteiger partial charge in [-0.2, -0.15) is 0 Å². The molecule has 4 nitrogen and oxygen atoms in total. The van der Waals surface area contributed by atoms with Crippen molar-refractivity contribution < 1.29 is 5.11 Å². The molecule has 1 aliphatic carbocycles. The molecule has 3 N–H and O–H groups in total. The van der Waals surface area contributed by atoms with Crippen molar-refractivity contribution in [2.75, 3.05) is 36.8 Å². The molecular weight excluding hydrogens is 425 g/mol. The van der Waals surface area contributed by atoms with Crippen molar-refractivity contribution in [2.45, 2.75) is 25.0 Å². The van der Waals surface area contributed by atoms with Crippen LogP contribution in [0.15, 0.2) is 42.5 Å². The van der Waals surface area contributed by atoms with E-state index >= 15 is 0 Å². The van der Waals surface area contributed by atoms with Crippen LogP contribution in [0.3, 0.4) is 0 Å². The van der Waals surface area contributed by atoms with Gasteiger partial charge in [-0.05, 0) is 58.3 Å². The Hall–Kier alpha value is -1.31. The molecule has 0 aromatic heterocycles. The molecule has 5 heteroatoms. The second-order valence-corrected chi connectivity index (χ2v) is 8.16. The summed E-state index contributed by atoms with van der Waals surface area (Å²) in [5, 5.41) is 10.7. The maximum absolute atomic E-state index is 10.7. The molecule has 4 rings (SSSR count). The maximum atomic E-state index is 10.7. The molecule has 0 radical (unpaired) electrons. The number of rotatable bonds is 2. The molecule has 0 bridgehead atoms.